The van der Waals surface area contributed by atoms with Gasteiger partial charge < -0.3 is 35.6 Å². The van der Waals surface area contributed by atoms with E-state index in [-0.39, 0.29) is 5.75 Å². The van der Waals surface area contributed by atoms with Crippen molar-refractivity contribution in [3.05, 3.63) is 24.3 Å². The first-order valence-electron chi connectivity index (χ1n) is 5.86. The topological polar surface area (TPSA) is 125 Å². The number of nitrogens with two attached hydrogens (primary N) is 1. The number of aliphatic hydroxyl groups is 4. The Labute approximate surface area is 109 Å². The molecule has 7 heteroatoms. The highest BCUT2D eigenvalue weighted by molar-refractivity contribution is 5.51. The minimum atomic E-state index is -1.47. The largest absolute Gasteiger partial charge is 0.460 e. The van der Waals surface area contributed by atoms with Crippen LogP contribution in [-0.2, 0) is 4.74 Å². The minimum absolute atomic E-state index is 0.284. The van der Waals surface area contributed by atoms with Crippen molar-refractivity contribution in [3.63, 3.8) is 0 Å². The summed E-state index contributed by atoms with van der Waals surface area (Å²) in [7, 11) is 0. The molecule has 0 aromatic heterocycles. The Kier molecular flexibility index (Phi) is 4.23. The van der Waals surface area contributed by atoms with Crippen LogP contribution in [0, 0.1) is 0 Å². The standard InChI is InChI=1S/C12H17NO6/c13-6-3-1-2-4-7(6)18-12-11(17)10(16)9(15)8(5-14)19-12/h1-4,8-12,14-17H,5,13H2. The van der Waals surface area contributed by atoms with Crippen LogP contribution >= 0.6 is 0 Å². The van der Waals surface area contributed by atoms with Crippen molar-refractivity contribution in [3.8, 4) is 5.75 Å². The molecule has 6 N–H and O–H groups in total. The Morgan fingerprint density at radius 2 is 1.79 bits per heavy atom. The van der Waals surface area contributed by atoms with E-state index in [9.17, 15) is 15.3 Å². The lowest BCUT2D eigenvalue weighted by Gasteiger charge is -2.39. The first-order chi connectivity index (χ1) is 9.04. The number of benzene rings is 1. The average molecular weight is 271 g/mol. The number of ether oxygens (including phenoxy) is 2. The van der Waals surface area contributed by atoms with Gasteiger partial charge in [-0.15, -0.1) is 0 Å². The monoisotopic (exact) mass is 271 g/mol. The van der Waals surface area contributed by atoms with Gasteiger partial charge in [-0.05, 0) is 12.1 Å². The average Bonchev–Trinajstić information content (AvgIpc) is 2.41. The van der Waals surface area contributed by atoms with Gasteiger partial charge in [-0.25, -0.2) is 0 Å². The third-order valence-corrected chi connectivity index (χ3v) is 3.01. The summed E-state index contributed by atoms with van der Waals surface area (Å²) in [4.78, 5) is 0. The van der Waals surface area contributed by atoms with Gasteiger partial charge in [-0.1, -0.05) is 12.1 Å². The molecule has 0 saturated carbocycles. The quantitative estimate of drug-likeness (QED) is 0.421. The molecular formula is C12H17NO6. The molecule has 1 aromatic carbocycles. The van der Waals surface area contributed by atoms with E-state index >= 15 is 0 Å². The highest BCUT2D eigenvalue weighted by Crippen LogP contribution is 2.27. The van der Waals surface area contributed by atoms with Crippen molar-refractivity contribution in [2.75, 3.05) is 12.3 Å². The lowest BCUT2D eigenvalue weighted by molar-refractivity contribution is -0.277. The smallest absolute Gasteiger partial charge is 0.229 e. The highest BCUT2D eigenvalue weighted by Gasteiger charge is 2.44. The number of hydrogen-bond donors (Lipinski definition) is 5. The molecule has 5 atom stereocenters. The van der Waals surface area contributed by atoms with Crippen LogP contribution in [-0.4, -0.2) is 57.7 Å². The van der Waals surface area contributed by atoms with Gasteiger partial charge in [0, 0.05) is 0 Å². The molecule has 19 heavy (non-hydrogen) atoms. The zero-order chi connectivity index (χ0) is 14.0. The molecule has 2 rings (SSSR count). The summed E-state index contributed by atoms with van der Waals surface area (Å²) in [5.41, 5.74) is 6.04. The molecule has 0 spiro atoms. The van der Waals surface area contributed by atoms with E-state index in [4.69, 9.17) is 20.3 Å². The second-order valence-corrected chi connectivity index (χ2v) is 4.35. The summed E-state index contributed by atoms with van der Waals surface area (Å²) in [5, 5.41) is 38.1. The Hall–Kier alpha value is -1.38. The first-order valence-corrected chi connectivity index (χ1v) is 5.86. The minimum Gasteiger partial charge on any atom is -0.460 e. The summed E-state index contributed by atoms with van der Waals surface area (Å²) in [6.45, 7) is -0.505. The summed E-state index contributed by atoms with van der Waals surface area (Å²) < 4.78 is 10.6. The van der Waals surface area contributed by atoms with Crippen LogP contribution < -0.4 is 10.5 Å². The Bertz CT molecular complexity index is 426. The van der Waals surface area contributed by atoms with Crippen LogP contribution in [0.4, 0.5) is 5.69 Å². The zero-order valence-corrected chi connectivity index (χ0v) is 10.1. The van der Waals surface area contributed by atoms with Crippen LogP contribution in [0.25, 0.3) is 0 Å². The Morgan fingerprint density at radius 3 is 2.42 bits per heavy atom. The van der Waals surface area contributed by atoms with Gasteiger partial charge in [0.05, 0.1) is 12.3 Å². The van der Waals surface area contributed by atoms with Crippen molar-refractivity contribution in [1.82, 2.24) is 0 Å². The van der Waals surface area contributed by atoms with Crippen molar-refractivity contribution in [1.29, 1.82) is 0 Å². The fourth-order valence-corrected chi connectivity index (χ4v) is 1.88. The third-order valence-electron chi connectivity index (χ3n) is 3.01. The SMILES string of the molecule is Nc1ccccc1OC1OC(CO)C(O)C(O)C1O. The molecule has 1 aliphatic rings. The highest BCUT2D eigenvalue weighted by atomic mass is 16.7. The fourth-order valence-electron chi connectivity index (χ4n) is 1.88. The molecule has 0 bridgehead atoms. The van der Waals surface area contributed by atoms with Crippen molar-refractivity contribution < 1.29 is 29.9 Å². The number of rotatable bonds is 3. The van der Waals surface area contributed by atoms with Crippen LogP contribution in [0.15, 0.2) is 24.3 Å². The third kappa shape index (κ3) is 2.80. The van der Waals surface area contributed by atoms with Gasteiger partial charge >= 0.3 is 0 Å². The molecule has 0 radical (unpaired) electrons. The van der Waals surface area contributed by atoms with Gasteiger partial charge in [-0.3, -0.25) is 0 Å². The molecular weight excluding hydrogens is 254 g/mol. The van der Waals surface area contributed by atoms with E-state index in [1.54, 1.807) is 24.3 Å². The normalized spacial score (nSPS) is 35.1. The van der Waals surface area contributed by atoms with Crippen molar-refractivity contribution in [2.45, 2.75) is 30.7 Å². The predicted molar refractivity (Wildman–Crippen MR) is 65.2 cm³/mol. The predicted octanol–water partition coefficient (Wildman–Crippen LogP) is -1.55. The van der Waals surface area contributed by atoms with E-state index in [0.717, 1.165) is 0 Å². The van der Waals surface area contributed by atoms with Gasteiger partial charge in [0.25, 0.3) is 0 Å². The molecule has 1 fully saturated rings. The molecule has 1 saturated heterocycles. The summed E-state index contributed by atoms with van der Waals surface area (Å²) in [6.07, 6.45) is -6.56. The lowest BCUT2D eigenvalue weighted by atomic mass is 9.99. The molecule has 106 valence electrons. The molecule has 1 aromatic rings. The summed E-state index contributed by atoms with van der Waals surface area (Å²) >= 11 is 0. The van der Waals surface area contributed by atoms with E-state index < -0.39 is 37.3 Å². The fraction of sp³-hybridized carbons (Fsp3) is 0.500. The molecule has 5 unspecified atom stereocenters. The number of hydrogen-bond acceptors (Lipinski definition) is 7. The second-order valence-electron chi connectivity index (χ2n) is 4.35. The summed E-state index contributed by atoms with van der Waals surface area (Å²) in [5.74, 6) is 0.284. The zero-order valence-electron chi connectivity index (χ0n) is 10.1. The molecule has 1 aliphatic heterocycles. The van der Waals surface area contributed by atoms with Crippen LogP contribution in [0.2, 0.25) is 0 Å². The lowest BCUT2D eigenvalue weighted by Crippen LogP contribution is -2.60. The maximum atomic E-state index is 9.79. The number of nitrogen functional groups attached to an aromatic ring is 1. The molecule has 1 heterocycles. The van der Waals surface area contributed by atoms with Gasteiger partial charge in [-0.2, -0.15) is 0 Å². The van der Waals surface area contributed by atoms with E-state index in [1.165, 1.54) is 0 Å². The molecule has 7 nitrogen and oxygen atoms in total. The number of para-hydroxylation sites is 2. The van der Waals surface area contributed by atoms with Crippen LogP contribution in [0.3, 0.4) is 0 Å². The van der Waals surface area contributed by atoms with E-state index in [0.29, 0.717) is 5.69 Å². The second kappa shape index (κ2) is 5.72. The number of anilines is 1. The van der Waals surface area contributed by atoms with Crippen LogP contribution in [0.5, 0.6) is 5.75 Å². The van der Waals surface area contributed by atoms with Gasteiger partial charge in [0.2, 0.25) is 6.29 Å². The first kappa shape index (κ1) is 14.0. The van der Waals surface area contributed by atoms with Crippen molar-refractivity contribution in [2.24, 2.45) is 0 Å². The molecule has 0 amide bonds. The van der Waals surface area contributed by atoms with Crippen molar-refractivity contribution >= 4 is 5.69 Å². The van der Waals surface area contributed by atoms with Gasteiger partial charge in [0.15, 0.2) is 0 Å². The molecule has 0 aliphatic carbocycles. The summed E-state index contributed by atoms with van der Waals surface area (Å²) in [6, 6.07) is 6.60. The van der Waals surface area contributed by atoms with Gasteiger partial charge in [0.1, 0.15) is 30.2 Å². The maximum Gasteiger partial charge on any atom is 0.229 e. The Balaban J connectivity index is 2.13. The maximum absolute atomic E-state index is 9.79. The number of aliphatic hydroxyl groups excluding tert-OH is 4. The Morgan fingerprint density at radius 1 is 1.11 bits per heavy atom. The van der Waals surface area contributed by atoms with E-state index in [2.05, 4.69) is 0 Å². The van der Waals surface area contributed by atoms with E-state index in [1.807, 2.05) is 0 Å². The van der Waals surface area contributed by atoms with Crippen LogP contribution in [0.1, 0.15) is 0 Å².